The van der Waals surface area contributed by atoms with E-state index in [2.05, 4.69) is 43.2 Å². The number of likely N-dealkylation sites (N-methyl/N-ethyl adjacent to an activating group) is 1. The molecule has 6 rings (SSSR count). The summed E-state index contributed by atoms with van der Waals surface area (Å²) in [5, 5.41) is 0. The largest absolute Gasteiger partial charge is 0.340 e. The van der Waals surface area contributed by atoms with Crippen LogP contribution in [0.4, 0.5) is 5.69 Å². The number of fused-ring (bicyclic) bond motifs is 5. The standard InChI is InChI=1S/C27H24N6O/c1-28-23-6-3-19(4-7-23)21-16-25-26-29-9-10-33(26)24-8-5-20(15-22(24)18-32(25)17-21)27(34)31-13-11-30(2)12-14-31/h3-10,15-17H,11-14,18H2,2H3. The zero-order chi connectivity index (χ0) is 23.2. The highest BCUT2D eigenvalue weighted by molar-refractivity contribution is 5.95. The summed E-state index contributed by atoms with van der Waals surface area (Å²) < 4.78 is 4.30. The average molecular weight is 449 g/mol. The van der Waals surface area contributed by atoms with Crippen LogP contribution in [-0.4, -0.2) is 63.1 Å². The molecule has 7 nitrogen and oxygen atoms in total. The minimum atomic E-state index is 0.0966. The number of hydrogen-bond acceptors (Lipinski definition) is 3. The molecule has 2 aromatic heterocycles. The van der Waals surface area contributed by atoms with Gasteiger partial charge in [0.1, 0.15) is 0 Å². The topological polar surface area (TPSA) is 50.7 Å². The molecule has 1 fully saturated rings. The number of carbonyl (C=O) groups is 1. The Morgan fingerprint density at radius 3 is 2.56 bits per heavy atom. The minimum absolute atomic E-state index is 0.0966. The van der Waals surface area contributed by atoms with Crippen molar-refractivity contribution < 1.29 is 4.79 Å². The Hall–Kier alpha value is -4.15. The van der Waals surface area contributed by atoms with E-state index in [4.69, 9.17) is 6.57 Å². The molecule has 2 aliphatic heterocycles. The third-order valence-corrected chi connectivity index (χ3v) is 6.81. The maximum Gasteiger partial charge on any atom is 0.253 e. The molecule has 1 amide bonds. The summed E-state index contributed by atoms with van der Waals surface area (Å²) in [4.78, 5) is 25.6. The fourth-order valence-corrected chi connectivity index (χ4v) is 4.86. The van der Waals surface area contributed by atoms with E-state index in [1.54, 1.807) is 0 Å². The lowest BCUT2D eigenvalue weighted by molar-refractivity contribution is 0.0664. The van der Waals surface area contributed by atoms with Crippen molar-refractivity contribution >= 4 is 11.6 Å². The van der Waals surface area contributed by atoms with Gasteiger partial charge in [0, 0.05) is 62.4 Å². The molecule has 0 unspecified atom stereocenters. The Kier molecular flexibility index (Phi) is 4.82. The van der Waals surface area contributed by atoms with Crippen LogP contribution in [0.25, 0.3) is 33.2 Å². The van der Waals surface area contributed by atoms with Crippen molar-refractivity contribution in [2.45, 2.75) is 6.54 Å². The van der Waals surface area contributed by atoms with E-state index in [9.17, 15) is 4.79 Å². The summed E-state index contributed by atoms with van der Waals surface area (Å²) >= 11 is 0. The number of rotatable bonds is 2. The van der Waals surface area contributed by atoms with Gasteiger partial charge in [-0.2, -0.15) is 0 Å². The molecule has 34 heavy (non-hydrogen) atoms. The second kappa shape index (κ2) is 8.01. The van der Waals surface area contributed by atoms with Crippen molar-refractivity contribution in [1.82, 2.24) is 23.9 Å². The van der Waals surface area contributed by atoms with Gasteiger partial charge >= 0.3 is 0 Å². The second-order valence-corrected chi connectivity index (χ2v) is 8.96. The monoisotopic (exact) mass is 448 g/mol. The van der Waals surface area contributed by atoms with E-state index < -0.39 is 0 Å². The molecule has 0 N–H and O–H groups in total. The highest BCUT2D eigenvalue weighted by Crippen LogP contribution is 2.34. The summed E-state index contributed by atoms with van der Waals surface area (Å²) in [7, 11) is 2.09. The van der Waals surface area contributed by atoms with E-state index in [0.717, 1.165) is 65.6 Å². The fraction of sp³-hybridized carbons (Fsp3) is 0.222. The summed E-state index contributed by atoms with van der Waals surface area (Å²) in [6.07, 6.45) is 5.92. The van der Waals surface area contributed by atoms with Crippen LogP contribution in [-0.2, 0) is 6.54 Å². The molecule has 0 bridgehead atoms. The Morgan fingerprint density at radius 2 is 1.79 bits per heavy atom. The molecule has 1 saturated heterocycles. The molecule has 0 spiro atoms. The van der Waals surface area contributed by atoms with Crippen molar-refractivity contribution in [2.75, 3.05) is 33.2 Å². The Morgan fingerprint density at radius 1 is 1.00 bits per heavy atom. The number of amides is 1. The lowest BCUT2D eigenvalue weighted by atomic mass is 10.1. The van der Waals surface area contributed by atoms with Crippen LogP contribution < -0.4 is 0 Å². The van der Waals surface area contributed by atoms with Gasteiger partial charge in [-0.1, -0.05) is 24.3 Å². The third kappa shape index (κ3) is 3.40. The third-order valence-electron chi connectivity index (χ3n) is 6.81. The SMILES string of the molecule is [C-]#[N+]c1ccc(-c2cc3n(c2)Cc2cc(C(=O)N4CCN(C)CC4)ccc2-n2ccnc2-3)cc1. The molecule has 0 radical (unpaired) electrons. The van der Waals surface area contributed by atoms with E-state index >= 15 is 0 Å². The van der Waals surface area contributed by atoms with Crippen LogP contribution in [0.2, 0.25) is 0 Å². The lowest BCUT2D eigenvalue weighted by Gasteiger charge is -2.32. The van der Waals surface area contributed by atoms with Crippen molar-refractivity contribution in [1.29, 1.82) is 0 Å². The van der Waals surface area contributed by atoms with Crippen LogP contribution in [0, 0.1) is 6.57 Å². The molecule has 168 valence electrons. The van der Waals surface area contributed by atoms with Crippen molar-refractivity contribution in [3.8, 4) is 28.3 Å². The molecular weight excluding hydrogens is 424 g/mol. The Balaban J connectivity index is 1.38. The first kappa shape index (κ1) is 20.5. The first-order chi connectivity index (χ1) is 16.6. The predicted octanol–water partition coefficient (Wildman–Crippen LogP) is 4.31. The van der Waals surface area contributed by atoms with Crippen molar-refractivity contribution in [2.24, 2.45) is 0 Å². The van der Waals surface area contributed by atoms with Crippen molar-refractivity contribution in [3.63, 3.8) is 0 Å². The van der Waals surface area contributed by atoms with Gasteiger partial charge in [0.25, 0.3) is 5.91 Å². The predicted molar refractivity (Wildman–Crippen MR) is 131 cm³/mol. The second-order valence-electron chi connectivity index (χ2n) is 8.96. The number of hydrogen-bond donors (Lipinski definition) is 0. The molecule has 7 heteroatoms. The summed E-state index contributed by atoms with van der Waals surface area (Å²) in [5.41, 5.74) is 6.66. The molecule has 0 saturated carbocycles. The van der Waals surface area contributed by atoms with Gasteiger partial charge in [-0.15, -0.1) is 0 Å². The summed E-state index contributed by atoms with van der Waals surface area (Å²) in [6.45, 7) is 11.2. The zero-order valence-corrected chi connectivity index (χ0v) is 19.0. The number of benzene rings is 2. The average Bonchev–Trinajstić information content (AvgIpc) is 3.49. The molecule has 0 aliphatic carbocycles. The van der Waals surface area contributed by atoms with Gasteiger partial charge in [0.15, 0.2) is 11.5 Å². The van der Waals surface area contributed by atoms with E-state index in [1.807, 2.05) is 59.8 Å². The summed E-state index contributed by atoms with van der Waals surface area (Å²) in [6, 6.07) is 15.8. The number of piperazine rings is 1. The first-order valence-electron chi connectivity index (χ1n) is 11.4. The normalized spacial score (nSPS) is 15.1. The Bertz CT molecular complexity index is 1430. The van der Waals surface area contributed by atoms with Gasteiger partial charge in [-0.05, 0) is 42.4 Å². The first-order valence-corrected chi connectivity index (χ1v) is 11.4. The fourth-order valence-electron chi connectivity index (χ4n) is 4.86. The highest BCUT2D eigenvalue weighted by Gasteiger charge is 2.24. The molecule has 0 atom stereocenters. The molecule has 2 aromatic carbocycles. The number of aromatic nitrogens is 3. The van der Waals surface area contributed by atoms with Gasteiger partial charge in [-0.3, -0.25) is 9.36 Å². The number of carbonyl (C=O) groups excluding carboxylic acids is 1. The van der Waals surface area contributed by atoms with Gasteiger partial charge in [0.2, 0.25) is 0 Å². The zero-order valence-electron chi connectivity index (χ0n) is 19.0. The maximum absolute atomic E-state index is 13.2. The van der Waals surface area contributed by atoms with Crippen LogP contribution in [0.15, 0.2) is 67.1 Å². The van der Waals surface area contributed by atoms with E-state index in [-0.39, 0.29) is 5.91 Å². The van der Waals surface area contributed by atoms with E-state index in [1.165, 1.54) is 0 Å². The highest BCUT2D eigenvalue weighted by atomic mass is 16.2. The van der Waals surface area contributed by atoms with Crippen LogP contribution in [0.3, 0.4) is 0 Å². The summed E-state index contributed by atoms with van der Waals surface area (Å²) in [5.74, 6) is 0.972. The lowest BCUT2D eigenvalue weighted by Crippen LogP contribution is -2.47. The minimum Gasteiger partial charge on any atom is -0.340 e. The van der Waals surface area contributed by atoms with Gasteiger partial charge in [-0.25, -0.2) is 9.83 Å². The van der Waals surface area contributed by atoms with Crippen LogP contribution in [0.5, 0.6) is 0 Å². The van der Waals surface area contributed by atoms with Gasteiger partial charge in [0.05, 0.1) is 18.0 Å². The smallest absolute Gasteiger partial charge is 0.253 e. The molecule has 4 aromatic rings. The molecular formula is C27H24N6O. The van der Waals surface area contributed by atoms with Crippen molar-refractivity contribution in [3.05, 3.63) is 89.7 Å². The molecule has 4 heterocycles. The maximum atomic E-state index is 13.2. The Labute approximate surface area is 198 Å². The number of nitrogens with zero attached hydrogens (tertiary/aromatic N) is 6. The van der Waals surface area contributed by atoms with Crippen LogP contribution >= 0.6 is 0 Å². The van der Waals surface area contributed by atoms with Gasteiger partial charge < -0.3 is 14.4 Å². The quantitative estimate of drug-likeness (QED) is 0.378. The number of imidazole rings is 1. The van der Waals surface area contributed by atoms with Crippen LogP contribution in [0.1, 0.15) is 15.9 Å². The van der Waals surface area contributed by atoms with E-state index in [0.29, 0.717) is 12.2 Å². The molecule has 2 aliphatic rings.